The number of amides is 2. The predicted molar refractivity (Wildman–Crippen MR) is 113 cm³/mol. The monoisotopic (exact) mass is 398 g/mol. The third-order valence-electron chi connectivity index (χ3n) is 4.13. The summed E-state index contributed by atoms with van der Waals surface area (Å²) in [7, 11) is 0. The highest BCUT2D eigenvalue weighted by molar-refractivity contribution is 5.85. The second-order valence-electron chi connectivity index (χ2n) is 7.20. The highest BCUT2D eigenvalue weighted by Crippen LogP contribution is 2.15. The number of carbonyl (C=O) groups is 2. The van der Waals surface area contributed by atoms with Gasteiger partial charge in [0.1, 0.15) is 11.5 Å². The van der Waals surface area contributed by atoms with Crippen molar-refractivity contribution in [2.24, 2.45) is 0 Å². The van der Waals surface area contributed by atoms with Crippen molar-refractivity contribution in [1.82, 2.24) is 10.6 Å². The summed E-state index contributed by atoms with van der Waals surface area (Å²) in [5.74, 6) is 0.924. The first-order valence-corrected chi connectivity index (χ1v) is 9.92. The van der Waals surface area contributed by atoms with Gasteiger partial charge in [-0.15, -0.1) is 0 Å². The quantitative estimate of drug-likeness (QED) is 0.610. The summed E-state index contributed by atoms with van der Waals surface area (Å²) in [6.07, 6.45) is 1.81. The minimum absolute atomic E-state index is 0.00608. The maximum Gasteiger partial charge on any atom is 0.258 e. The van der Waals surface area contributed by atoms with Crippen LogP contribution in [0.1, 0.15) is 32.8 Å². The van der Waals surface area contributed by atoms with Crippen molar-refractivity contribution >= 4 is 11.8 Å². The first-order valence-electron chi connectivity index (χ1n) is 9.92. The lowest BCUT2D eigenvalue weighted by Gasteiger charge is -2.15. The molecule has 29 heavy (non-hydrogen) atoms. The lowest BCUT2D eigenvalue weighted by atomic mass is 10.1. The fourth-order valence-electron chi connectivity index (χ4n) is 2.68. The number of ether oxygens (including phenoxy) is 2. The molecule has 0 aliphatic rings. The van der Waals surface area contributed by atoms with Gasteiger partial charge < -0.3 is 20.1 Å². The third-order valence-corrected chi connectivity index (χ3v) is 4.13. The molecular weight excluding hydrogens is 368 g/mol. The Morgan fingerprint density at radius 3 is 2.24 bits per heavy atom. The van der Waals surface area contributed by atoms with Crippen molar-refractivity contribution in [3.05, 3.63) is 60.2 Å². The van der Waals surface area contributed by atoms with Crippen LogP contribution in [0.4, 0.5) is 0 Å². The van der Waals surface area contributed by atoms with E-state index in [1.165, 1.54) is 5.56 Å². The SMILES string of the molecule is CC(CCc1ccc(OC(C)C)cc1)NC(=O)CNC(=O)COc1ccccc1. The van der Waals surface area contributed by atoms with Crippen LogP contribution in [0, 0.1) is 0 Å². The molecule has 2 rings (SSSR count). The van der Waals surface area contributed by atoms with E-state index >= 15 is 0 Å². The topological polar surface area (TPSA) is 76.7 Å². The summed E-state index contributed by atoms with van der Waals surface area (Å²) in [4.78, 5) is 23.8. The molecule has 0 saturated carbocycles. The van der Waals surface area contributed by atoms with Crippen molar-refractivity contribution in [2.45, 2.75) is 45.8 Å². The van der Waals surface area contributed by atoms with Gasteiger partial charge >= 0.3 is 0 Å². The largest absolute Gasteiger partial charge is 0.491 e. The smallest absolute Gasteiger partial charge is 0.258 e. The van der Waals surface area contributed by atoms with E-state index in [9.17, 15) is 9.59 Å². The first kappa shape index (κ1) is 22.3. The number of hydrogen-bond donors (Lipinski definition) is 2. The molecule has 0 aliphatic carbocycles. The molecule has 0 spiro atoms. The Balaban J connectivity index is 1.62. The molecule has 156 valence electrons. The molecule has 0 aliphatic heterocycles. The standard InChI is InChI=1S/C23H30N2O4/c1-17(2)29-21-13-11-19(12-14-21)10-9-18(3)25-22(26)15-24-23(27)16-28-20-7-5-4-6-8-20/h4-8,11-14,17-18H,9-10,15-16H2,1-3H3,(H,24,27)(H,25,26). The summed E-state index contributed by atoms with van der Waals surface area (Å²) in [5, 5.41) is 5.46. The van der Waals surface area contributed by atoms with Crippen molar-refractivity contribution < 1.29 is 19.1 Å². The minimum Gasteiger partial charge on any atom is -0.491 e. The molecule has 0 saturated heterocycles. The van der Waals surface area contributed by atoms with Gasteiger partial charge in [0.05, 0.1) is 12.6 Å². The molecular formula is C23H30N2O4. The molecule has 0 radical (unpaired) electrons. The number of carbonyl (C=O) groups excluding carboxylic acids is 2. The van der Waals surface area contributed by atoms with E-state index in [4.69, 9.17) is 9.47 Å². The van der Waals surface area contributed by atoms with Crippen molar-refractivity contribution in [1.29, 1.82) is 0 Å². The Morgan fingerprint density at radius 1 is 0.897 bits per heavy atom. The van der Waals surface area contributed by atoms with Crippen molar-refractivity contribution in [2.75, 3.05) is 13.2 Å². The second kappa shape index (κ2) is 11.7. The van der Waals surface area contributed by atoms with Crippen molar-refractivity contribution in [3.8, 4) is 11.5 Å². The number of aryl methyl sites for hydroxylation is 1. The van der Waals surface area contributed by atoms with Gasteiger partial charge in [-0.3, -0.25) is 9.59 Å². The Morgan fingerprint density at radius 2 is 1.59 bits per heavy atom. The molecule has 0 fully saturated rings. The molecule has 0 aromatic heterocycles. The molecule has 2 aromatic rings. The van der Waals surface area contributed by atoms with Gasteiger partial charge in [0, 0.05) is 6.04 Å². The van der Waals surface area contributed by atoms with E-state index < -0.39 is 0 Å². The number of benzene rings is 2. The second-order valence-corrected chi connectivity index (χ2v) is 7.20. The fraction of sp³-hybridized carbons (Fsp3) is 0.391. The Labute approximate surface area is 172 Å². The van der Waals surface area contributed by atoms with Gasteiger partial charge in [-0.05, 0) is 63.4 Å². The van der Waals surface area contributed by atoms with E-state index in [-0.39, 0.29) is 37.1 Å². The maximum absolute atomic E-state index is 12.0. The molecule has 2 aromatic carbocycles. The fourth-order valence-corrected chi connectivity index (χ4v) is 2.68. The van der Waals surface area contributed by atoms with Crippen LogP contribution < -0.4 is 20.1 Å². The minimum atomic E-state index is -0.333. The van der Waals surface area contributed by atoms with Crippen LogP contribution in [0.5, 0.6) is 11.5 Å². The highest BCUT2D eigenvalue weighted by atomic mass is 16.5. The van der Waals surface area contributed by atoms with Crippen molar-refractivity contribution in [3.63, 3.8) is 0 Å². The summed E-state index contributed by atoms with van der Waals surface area (Å²) < 4.78 is 11.0. The summed E-state index contributed by atoms with van der Waals surface area (Å²) in [5.41, 5.74) is 1.19. The molecule has 2 amide bonds. The van der Waals surface area contributed by atoms with E-state index in [0.717, 1.165) is 18.6 Å². The van der Waals surface area contributed by atoms with E-state index in [2.05, 4.69) is 10.6 Å². The highest BCUT2D eigenvalue weighted by Gasteiger charge is 2.10. The van der Waals surface area contributed by atoms with E-state index in [1.54, 1.807) is 12.1 Å². The van der Waals surface area contributed by atoms with Crippen LogP contribution in [0.3, 0.4) is 0 Å². The van der Waals surface area contributed by atoms with Crippen LogP contribution in [-0.2, 0) is 16.0 Å². The maximum atomic E-state index is 12.0. The number of rotatable bonds is 11. The lowest BCUT2D eigenvalue weighted by Crippen LogP contribution is -2.42. The van der Waals surface area contributed by atoms with E-state index in [0.29, 0.717) is 5.75 Å². The molecule has 1 atom stereocenters. The van der Waals surface area contributed by atoms with Crippen LogP contribution in [0.2, 0.25) is 0 Å². The van der Waals surface area contributed by atoms with Gasteiger partial charge in [0.15, 0.2) is 6.61 Å². The van der Waals surface area contributed by atoms with E-state index in [1.807, 2.05) is 63.2 Å². The number of para-hydroxylation sites is 1. The zero-order chi connectivity index (χ0) is 21.1. The molecule has 2 N–H and O–H groups in total. The van der Waals surface area contributed by atoms with Crippen LogP contribution >= 0.6 is 0 Å². The third kappa shape index (κ3) is 9.14. The van der Waals surface area contributed by atoms with Gasteiger partial charge in [-0.1, -0.05) is 30.3 Å². The average molecular weight is 399 g/mol. The first-order chi connectivity index (χ1) is 13.9. The average Bonchev–Trinajstić information content (AvgIpc) is 2.70. The Hall–Kier alpha value is -3.02. The zero-order valence-corrected chi connectivity index (χ0v) is 17.3. The predicted octanol–water partition coefficient (Wildman–Crippen LogP) is 3.11. The zero-order valence-electron chi connectivity index (χ0n) is 17.3. The van der Waals surface area contributed by atoms with Crippen LogP contribution in [-0.4, -0.2) is 37.1 Å². The molecule has 6 heteroatoms. The molecule has 1 unspecified atom stereocenters. The number of hydrogen-bond acceptors (Lipinski definition) is 4. The summed E-state index contributed by atoms with van der Waals surface area (Å²) in [6.45, 7) is 5.76. The van der Waals surface area contributed by atoms with Gasteiger partial charge in [-0.25, -0.2) is 0 Å². The summed E-state index contributed by atoms with van der Waals surface area (Å²) in [6, 6.07) is 17.1. The van der Waals surface area contributed by atoms with Gasteiger partial charge in [0.2, 0.25) is 5.91 Å². The normalized spacial score (nSPS) is 11.6. The van der Waals surface area contributed by atoms with Gasteiger partial charge in [-0.2, -0.15) is 0 Å². The molecule has 0 heterocycles. The lowest BCUT2D eigenvalue weighted by molar-refractivity contribution is -0.127. The molecule has 6 nitrogen and oxygen atoms in total. The number of nitrogens with one attached hydrogen (secondary N) is 2. The Kier molecular flexibility index (Phi) is 9.02. The molecule has 0 bridgehead atoms. The van der Waals surface area contributed by atoms with Crippen LogP contribution in [0.15, 0.2) is 54.6 Å². The Bertz CT molecular complexity index is 760. The van der Waals surface area contributed by atoms with Gasteiger partial charge in [0.25, 0.3) is 5.91 Å². The van der Waals surface area contributed by atoms with Crippen LogP contribution in [0.25, 0.3) is 0 Å². The summed E-state index contributed by atoms with van der Waals surface area (Å²) >= 11 is 0.